The molecule has 1 aliphatic carbocycles. The Morgan fingerprint density at radius 3 is 1.92 bits per heavy atom. The van der Waals surface area contributed by atoms with E-state index >= 15 is 0 Å². The van der Waals surface area contributed by atoms with Gasteiger partial charge < -0.3 is 0 Å². The number of hydrogen-bond acceptors (Lipinski definition) is 2. The van der Waals surface area contributed by atoms with Crippen LogP contribution in [0.2, 0.25) is 0 Å². The first-order valence-electron chi connectivity index (χ1n) is 17.5. The summed E-state index contributed by atoms with van der Waals surface area (Å²) >= 11 is 3.81. The molecule has 0 spiro atoms. The summed E-state index contributed by atoms with van der Waals surface area (Å²) in [4.78, 5) is 0. The maximum absolute atomic E-state index is 4.70. The minimum atomic E-state index is 0.890. The van der Waals surface area contributed by atoms with Crippen LogP contribution in [-0.2, 0) is 0 Å². The van der Waals surface area contributed by atoms with Crippen molar-refractivity contribution in [1.82, 2.24) is 0 Å². The quantitative estimate of drug-likeness (QED) is 0.154. The van der Waals surface area contributed by atoms with Gasteiger partial charge in [0.05, 0.1) is 0 Å². The van der Waals surface area contributed by atoms with E-state index < -0.39 is 0 Å². The molecule has 50 heavy (non-hydrogen) atoms. The Balaban J connectivity index is 1.13. The molecule has 2 heteroatoms. The smallest absolute Gasteiger partial charge is 0.0434 e. The molecule has 0 fully saturated rings. The van der Waals surface area contributed by atoms with E-state index in [1.807, 2.05) is 22.7 Å². The van der Waals surface area contributed by atoms with E-state index in [1.54, 1.807) is 0 Å². The molecule has 0 bridgehead atoms. The second kappa shape index (κ2) is 11.7. The van der Waals surface area contributed by atoms with Crippen molar-refractivity contribution in [3.63, 3.8) is 0 Å². The molecule has 10 rings (SSSR count). The van der Waals surface area contributed by atoms with Gasteiger partial charge in [0.2, 0.25) is 0 Å². The van der Waals surface area contributed by atoms with Crippen molar-refractivity contribution >= 4 is 101 Å². The highest BCUT2D eigenvalue weighted by atomic mass is 32.1. The Kier molecular flexibility index (Phi) is 6.91. The lowest BCUT2D eigenvalue weighted by molar-refractivity contribution is 0.917. The van der Waals surface area contributed by atoms with Gasteiger partial charge in [0.15, 0.2) is 0 Å². The molecular formula is C48H34S2. The largest absolute Gasteiger partial charge is 0.135 e. The Morgan fingerprint density at radius 1 is 0.540 bits per heavy atom. The van der Waals surface area contributed by atoms with E-state index in [0.29, 0.717) is 0 Å². The topological polar surface area (TPSA) is 0 Å². The molecule has 0 nitrogen and oxygen atoms in total. The van der Waals surface area contributed by atoms with Crippen molar-refractivity contribution in [2.75, 3.05) is 0 Å². The third-order valence-corrected chi connectivity index (χ3v) is 13.1. The SMILES string of the molecule is C=C(CCC(=C)c1c2ccccc2c(-c2ccc3sc4c(ccc5c4ccc4sc6ccccc6c45)c3c2)c2ccccc12)C1=CC=CCC1. The molecule has 9 aromatic rings. The van der Waals surface area contributed by atoms with Crippen LogP contribution in [0, 0.1) is 0 Å². The molecule has 0 radical (unpaired) electrons. The average Bonchev–Trinajstić information content (AvgIpc) is 3.74. The van der Waals surface area contributed by atoms with Crippen LogP contribution in [0.15, 0.2) is 158 Å². The number of fused-ring (bicyclic) bond motifs is 11. The second-order valence-electron chi connectivity index (χ2n) is 13.6. The van der Waals surface area contributed by atoms with Crippen molar-refractivity contribution in [3.8, 4) is 11.1 Å². The first kappa shape index (κ1) is 29.6. The lowest BCUT2D eigenvalue weighted by Gasteiger charge is -2.19. The minimum Gasteiger partial charge on any atom is -0.135 e. The molecule has 0 saturated carbocycles. The van der Waals surface area contributed by atoms with Crippen molar-refractivity contribution in [1.29, 1.82) is 0 Å². The highest BCUT2D eigenvalue weighted by molar-refractivity contribution is 7.27. The Morgan fingerprint density at radius 2 is 1.16 bits per heavy atom. The maximum atomic E-state index is 4.70. The fraction of sp³-hybridized carbons (Fsp3) is 0.0833. The summed E-state index contributed by atoms with van der Waals surface area (Å²) in [6, 6.07) is 43.2. The first-order valence-corrected chi connectivity index (χ1v) is 19.1. The van der Waals surface area contributed by atoms with E-state index in [-0.39, 0.29) is 0 Å². The van der Waals surface area contributed by atoms with Crippen molar-refractivity contribution in [2.24, 2.45) is 0 Å². The van der Waals surface area contributed by atoms with Crippen LogP contribution in [0.3, 0.4) is 0 Å². The van der Waals surface area contributed by atoms with Crippen LogP contribution < -0.4 is 0 Å². The van der Waals surface area contributed by atoms with Crippen LogP contribution >= 0.6 is 22.7 Å². The van der Waals surface area contributed by atoms with Gasteiger partial charge in [-0.2, -0.15) is 0 Å². The zero-order valence-corrected chi connectivity index (χ0v) is 29.4. The molecule has 7 aromatic carbocycles. The van der Waals surface area contributed by atoms with Gasteiger partial charge in [0.25, 0.3) is 0 Å². The summed E-state index contributed by atoms with van der Waals surface area (Å²) in [6.07, 6.45) is 10.6. The molecule has 2 aromatic heterocycles. The lowest BCUT2D eigenvalue weighted by Crippen LogP contribution is -1.96. The molecular weight excluding hydrogens is 641 g/mol. The van der Waals surface area contributed by atoms with Gasteiger partial charge in [-0.1, -0.05) is 128 Å². The summed E-state index contributed by atoms with van der Waals surface area (Å²) in [7, 11) is 0. The molecule has 0 unspecified atom stereocenters. The fourth-order valence-corrected chi connectivity index (χ4v) is 10.7. The molecule has 0 amide bonds. The number of rotatable bonds is 6. The van der Waals surface area contributed by atoms with E-state index in [9.17, 15) is 0 Å². The van der Waals surface area contributed by atoms with E-state index in [4.69, 9.17) is 6.58 Å². The zero-order valence-electron chi connectivity index (χ0n) is 27.8. The number of benzene rings is 7. The molecule has 0 atom stereocenters. The van der Waals surface area contributed by atoms with Crippen LogP contribution in [0.4, 0.5) is 0 Å². The first-order chi connectivity index (χ1) is 24.6. The second-order valence-corrected chi connectivity index (χ2v) is 15.7. The Labute approximate surface area is 299 Å². The van der Waals surface area contributed by atoms with Crippen LogP contribution in [0.5, 0.6) is 0 Å². The van der Waals surface area contributed by atoms with Gasteiger partial charge in [-0.05, 0) is 105 Å². The number of thiophene rings is 2. The average molecular weight is 675 g/mol. The standard InChI is InChI=1S/C48H34S2/c1-29(31-12-4-3-5-13-31)20-21-30(2)45-33-14-6-8-16-35(33)46(36-17-9-7-15-34(36)45)32-22-26-43-41(28-32)39-24-23-37-38(48(39)50-43)25-27-44-47(37)40-18-10-11-19-42(40)49-44/h3-4,6-12,14-19,22-28H,1-2,5,13,20-21H2. The van der Waals surface area contributed by atoms with Gasteiger partial charge in [0, 0.05) is 45.7 Å². The van der Waals surface area contributed by atoms with Crippen molar-refractivity contribution in [3.05, 3.63) is 163 Å². The summed E-state index contributed by atoms with van der Waals surface area (Å²) in [5.74, 6) is 0. The normalized spacial score (nSPS) is 13.4. The monoisotopic (exact) mass is 674 g/mol. The fourth-order valence-electron chi connectivity index (χ4n) is 8.32. The summed E-state index contributed by atoms with van der Waals surface area (Å²) in [5, 5.41) is 13.2. The highest BCUT2D eigenvalue weighted by Crippen LogP contribution is 2.47. The van der Waals surface area contributed by atoms with Gasteiger partial charge >= 0.3 is 0 Å². The molecule has 0 aliphatic heterocycles. The summed E-state index contributed by atoms with van der Waals surface area (Å²) < 4.78 is 5.41. The van der Waals surface area contributed by atoms with E-state index in [2.05, 4.69) is 140 Å². The molecule has 0 saturated heterocycles. The molecule has 238 valence electrons. The van der Waals surface area contributed by atoms with Crippen molar-refractivity contribution < 1.29 is 0 Å². The third-order valence-electron chi connectivity index (χ3n) is 10.7. The lowest BCUT2D eigenvalue weighted by atomic mass is 9.84. The Bertz CT molecular complexity index is 2900. The van der Waals surface area contributed by atoms with Gasteiger partial charge in [0.1, 0.15) is 0 Å². The highest BCUT2D eigenvalue weighted by Gasteiger charge is 2.19. The van der Waals surface area contributed by atoms with Crippen molar-refractivity contribution in [2.45, 2.75) is 25.7 Å². The number of allylic oxidation sites excluding steroid dienone is 6. The number of hydrogen-bond donors (Lipinski definition) is 0. The van der Waals surface area contributed by atoms with E-state index in [0.717, 1.165) is 25.7 Å². The third kappa shape index (κ3) is 4.56. The Hall–Kier alpha value is -5.28. The van der Waals surface area contributed by atoms with Gasteiger partial charge in [-0.25, -0.2) is 0 Å². The van der Waals surface area contributed by atoms with Crippen LogP contribution in [-0.4, -0.2) is 0 Å². The van der Waals surface area contributed by atoms with Gasteiger partial charge in [-0.15, -0.1) is 22.7 Å². The maximum Gasteiger partial charge on any atom is 0.0434 e. The predicted molar refractivity (Wildman–Crippen MR) is 224 cm³/mol. The molecule has 1 aliphatic rings. The molecule has 2 heterocycles. The predicted octanol–water partition coefficient (Wildman–Crippen LogP) is 15.2. The summed E-state index contributed by atoms with van der Waals surface area (Å²) in [5.41, 5.74) is 7.61. The zero-order chi connectivity index (χ0) is 33.3. The van der Waals surface area contributed by atoms with E-state index in [1.165, 1.54) is 106 Å². The summed E-state index contributed by atoms with van der Waals surface area (Å²) in [6.45, 7) is 9.16. The molecule has 0 N–H and O–H groups in total. The van der Waals surface area contributed by atoms with Gasteiger partial charge in [-0.3, -0.25) is 0 Å². The minimum absolute atomic E-state index is 0.890. The van der Waals surface area contributed by atoms with Crippen LogP contribution in [0.25, 0.3) is 89.4 Å². The van der Waals surface area contributed by atoms with Crippen LogP contribution in [0.1, 0.15) is 31.2 Å².